The maximum Gasteiger partial charge on any atom is 0.240 e. The smallest absolute Gasteiger partial charge is 0.240 e. The standard InChI is InChI=1S/C15H21ClN2O2S/c1-10(2)18-6-5-11(15(18)19)17-7-8-20-12(9-17)13-3-4-14(16)21-13/h3-4,10-12H,5-9H2,1-2H3/t11-,12-/m0/s1. The van der Waals surface area contributed by atoms with Gasteiger partial charge in [-0.3, -0.25) is 9.69 Å². The molecule has 4 nitrogen and oxygen atoms in total. The highest BCUT2D eigenvalue weighted by atomic mass is 35.5. The van der Waals surface area contributed by atoms with Gasteiger partial charge in [-0.25, -0.2) is 0 Å². The minimum absolute atomic E-state index is 0.0224. The van der Waals surface area contributed by atoms with Crippen molar-refractivity contribution in [3.05, 3.63) is 21.3 Å². The van der Waals surface area contributed by atoms with Crippen LogP contribution in [0.25, 0.3) is 0 Å². The fourth-order valence-electron chi connectivity index (χ4n) is 3.16. The number of carbonyl (C=O) groups is 1. The van der Waals surface area contributed by atoms with E-state index in [2.05, 4.69) is 18.7 Å². The number of halogens is 1. The zero-order valence-electron chi connectivity index (χ0n) is 12.4. The van der Waals surface area contributed by atoms with Gasteiger partial charge in [0.2, 0.25) is 5.91 Å². The number of hydrogen-bond acceptors (Lipinski definition) is 4. The molecule has 0 unspecified atom stereocenters. The largest absolute Gasteiger partial charge is 0.370 e. The lowest BCUT2D eigenvalue weighted by atomic mass is 10.1. The summed E-state index contributed by atoms with van der Waals surface area (Å²) in [7, 11) is 0. The number of nitrogens with zero attached hydrogens (tertiary/aromatic N) is 2. The van der Waals surface area contributed by atoms with Gasteiger partial charge >= 0.3 is 0 Å². The zero-order chi connectivity index (χ0) is 15.0. The molecule has 1 amide bonds. The minimum Gasteiger partial charge on any atom is -0.370 e. The molecule has 2 aliphatic heterocycles. The van der Waals surface area contributed by atoms with E-state index in [-0.39, 0.29) is 24.1 Å². The molecular weight excluding hydrogens is 308 g/mol. The summed E-state index contributed by atoms with van der Waals surface area (Å²) in [5.74, 6) is 0.273. The number of hydrogen-bond donors (Lipinski definition) is 0. The second-order valence-corrected chi connectivity index (χ2v) is 7.67. The van der Waals surface area contributed by atoms with Gasteiger partial charge in [0.05, 0.1) is 17.0 Å². The Kier molecular flexibility index (Phi) is 4.54. The van der Waals surface area contributed by atoms with E-state index in [0.717, 1.165) is 35.3 Å². The number of rotatable bonds is 3. The highest BCUT2D eigenvalue weighted by Gasteiger charge is 2.39. The zero-order valence-corrected chi connectivity index (χ0v) is 14.0. The van der Waals surface area contributed by atoms with Crippen LogP contribution in [0.1, 0.15) is 31.2 Å². The summed E-state index contributed by atoms with van der Waals surface area (Å²) < 4.78 is 6.65. The minimum atomic E-state index is 0.0224. The molecule has 2 aliphatic rings. The van der Waals surface area contributed by atoms with E-state index in [0.29, 0.717) is 6.61 Å². The molecule has 2 atom stereocenters. The molecule has 0 saturated carbocycles. The van der Waals surface area contributed by atoms with Crippen LogP contribution < -0.4 is 0 Å². The molecule has 3 rings (SSSR count). The van der Waals surface area contributed by atoms with E-state index in [1.54, 1.807) is 11.3 Å². The van der Waals surface area contributed by atoms with Crippen molar-refractivity contribution in [3.8, 4) is 0 Å². The number of carbonyl (C=O) groups excluding carboxylic acids is 1. The summed E-state index contributed by atoms with van der Waals surface area (Å²) in [4.78, 5) is 17.9. The SMILES string of the molecule is CC(C)N1CC[C@H](N2CCO[C@H](c3ccc(Cl)s3)C2)C1=O. The highest BCUT2D eigenvalue weighted by molar-refractivity contribution is 7.16. The Hall–Kier alpha value is -0.620. The first-order valence-corrected chi connectivity index (χ1v) is 8.67. The van der Waals surface area contributed by atoms with Crippen molar-refractivity contribution in [2.45, 2.75) is 38.5 Å². The quantitative estimate of drug-likeness (QED) is 0.855. The Labute approximate surface area is 134 Å². The third-order valence-corrected chi connectivity index (χ3v) is 5.61. The van der Waals surface area contributed by atoms with Crippen molar-refractivity contribution in [3.63, 3.8) is 0 Å². The molecule has 0 spiro atoms. The Bertz CT molecular complexity index is 520. The second kappa shape index (κ2) is 6.24. The molecule has 0 N–H and O–H groups in total. The Balaban J connectivity index is 1.68. The van der Waals surface area contributed by atoms with E-state index < -0.39 is 0 Å². The number of amides is 1. The van der Waals surface area contributed by atoms with Gasteiger partial charge in [0, 0.05) is 30.6 Å². The van der Waals surface area contributed by atoms with Crippen LogP contribution in [-0.2, 0) is 9.53 Å². The average molecular weight is 329 g/mol. The van der Waals surface area contributed by atoms with Crippen LogP contribution >= 0.6 is 22.9 Å². The van der Waals surface area contributed by atoms with Gasteiger partial charge in [-0.1, -0.05) is 11.6 Å². The van der Waals surface area contributed by atoms with Gasteiger partial charge < -0.3 is 9.64 Å². The van der Waals surface area contributed by atoms with Gasteiger partial charge in [-0.2, -0.15) is 0 Å². The third kappa shape index (κ3) is 3.11. The Morgan fingerprint density at radius 1 is 1.38 bits per heavy atom. The van der Waals surface area contributed by atoms with Gasteiger partial charge in [-0.15, -0.1) is 11.3 Å². The molecule has 0 aromatic carbocycles. The van der Waals surface area contributed by atoms with E-state index in [4.69, 9.17) is 16.3 Å². The summed E-state index contributed by atoms with van der Waals surface area (Å²) in [6.45, 7) is 7.31. The second-order valence-electron chi connectivity index (χ2n) is 5.93. The predicted octanol–water partition coefficient (Wildman–Crippen LogP) is 2.78. The van der Waals surface area contributed by atoms with E-state index in [1.807, 2.05) is 17.0 Å². The summed E-state index contributed by atoms with van der Waals surface area (Å²) >= 11 is 7.57. The molecule has 0 radical (unpaired) electrons. The highest BCUT2D eigenvalue weighted by Crippen LogP contribution is 2.32. The molecule has 0 bridgehead atoms. The van der Waals surface area contributed by atoms with Crippen molar-refractivity contribution in [1.82, 2.24) is 9.80 Å². The molecule has 116 valence electrons. The lowest BCUT2D eigenvalue weighted by molar-refractivity contribution is -0.136. The molecule has 6 heteroatoms. The fourth-order valence-corrected chi connectivity index (χ4v) is 4.27. The Morgan fingerprint density at radius 3 is 2.81 bits per heavy atom. The number of thiophene rings is 1. The van der Waals surface area contributed by atoms with Crippen molar-refractivity contribution in [2.24, 2.45) is 0 Å². The first-order chi connectivity index (χ1) is 10.1. The van der Waals surface area contributed by atoms with Crippen molar-refractivity contribution in [1.29, 1.82) is 0 Å². The van der Waals surface area contributed by atoms with Crippen LogP contribution in [0.3, 0.4) is 0 Å². The average Bonchev–Trinajstić information content (AvgIpc) is 3.05. The van der Waals surface area contributed by atoms with Crippen LogP contribution in [0.5, 0.6) is 0 Å². The number of morpholine rings is 1. The van der Waals surface area contributed by atoms with Crippen molar-refractivity contribution >= 4 is 28.8 Å². The van der Waals surface area contributed by atoms with Gasteiger partial charge in [0.15, 0.2) is 0 Å². The van der Waals surface area contributed by atoms with Crippen LogP contribution in [0.4, 0.5) is 0 Å². The van der Waals surface area contributed by atoms with Gasteiger partial charge in [0.25, 0.3) is 0 Å². The monoisotopic (exact) mass is 328 g/mol. The van der Waals surface area contributed by atoms with Gasteiger partial charge in [0.1, 0.15) is 6.10 Å². The molecule has 0 aliphatic carbocycles. The van der Waals surface area contributed by atoms with Crippen LogP contribution in [0.2, 0.25) is 4.34 Å². The first kappa shape index (κ1) is 15.3. The molecular formula is C15H21ClN2O2S. The van der Waals surface area contributed by atoms with E-state index >= 15 is 0 Å². The van der Waals surface area contributed by atoms with Crippen molar-refractivity contribution in [2.75, 3.05) is 26.2 Å². The maximum atomic E-state index is 12.5. The molecule has 2 saturated heterocycles. The van der Waals surface area contributed by atoms with Crippen molar-refractivity contribution < 1.29 is 9.53 Å². The summed E-state index contributed by atoms with van der Waals surface area (Å²) in [5.41, 5.74) is 0. The van der Waals surface area contributed by atoms with E-state index in [1.165, 1.54) is 0 Å². The molecule has 1 aromatic rings. The predicted molar refractivity (Wildman–Crippen MR) is 84.8 cm³/mol. The number of likely N-dealkylation sites (tertiary alicyclic amines) is 1. The summed E-state index contributed by atoms with van der Waals surface area (Å²) in [6, 6.07) is 4.24. The third-order valence-electron chi connectivity index (χ3n) is 4.28. The molecule has 2 fully saturated rings. The van der Waals surface area contributed by atoms with Crippen LogP contribution in [-0.4, -0.2) is 54.0 Å². The molecule has 1 aromatic heterocycles. The lowest BCUT2D eigenvalue weighted by Gasteiger charge is -2.35. The number of ether oxygens (including phenoxy) is 1. The molecule has 3 heterocycles. The van der Waals surface area contributed by atoms with Gasteiger partial charge in [-0.05, 0) is 32.4 Å². The summed E-state index contributed by atoms with van der Waals surface area (Å²) in [5, 5.41) is 0. The van der Waals surface area contributed by atoms with Crippen LogP contribution in [0.15, 0.2) is 12.1 Å². The lowest BCUT2D eigenvalue weighted by Crippen LogP contribution is -2.48. The first-order valence-electron chi connectivity index (χ1n) is 7.47. The van der Waals surface area contributed by atoms with E-state index in [9.17, 15) is 4.79 Å². The Morgan fingerprint density at radius 2 is 2.19 bits per heavy atom. The van der Waals surface area contributed by atoms with Crippen LogP contribution in [0, 0.1) is 0 Å². The fraction of sp³-hybridized carbons (Fsp3) is 0.667. The normalized spacial score (nSPS) is 27.8. The maximum absolute atomic E-state index is 12.5. The summed E-state index contributed by atoms with van der Waals surface area (Å²) in [6.07, 6.45) is 0.965. The topological polar surface area (TPSA) is 32.8 Å². The molecule has 21 heavy (non-hydrogen) atoms.